The van der Waals surface area contributed by atoms with E-state index in [1.165, 1.54) is 0 Å². The summed E-state index contributed by atoms with van der Waals surface area (Å²) in [5.41, 5.74) is 4.95. The summed E-state index contributed by atoms with van der Waals surface area (Å²) in [7, 11) is 0. The molecule has 0 aliphatic heterocycles. The van der Waals surface area contributed by atoms with Crippen LogP contribution in [-0.4, -0.2) is 18.0 Å². The van der Waals surface area contributed by atoms with Crippen LogP contribution in [0, 0.1) is 17.3 Å². The summed E-state index contributed by atoms with van der Waals surface area (Å²) in [5, 5.41) is 2.99. The van der Waals surface area contributed by atoms with Crippen molar-refractivity contribution >= 4 is 5.91 Å². The lowest BCUT2D eigenvalue weighted by atomic mass is 9.74. The van der Waals surface area contributed by atoms with E-state index in [0.29, 0.717) is 11.8 Å². The third-order valence-corrected chi connectivity index (χ3v) is 3.90. The maximum Gasteiger partial charge on any atom is 0.227 e. The third-order valence-electron chi connectivity index (χ3n) is 3.90. The maximum absolute atomic E-state index is 12.0. The first kappa shape index (κ1) is 15.4. The van der Waals surface area contributed by atoms with Crippen LogP contribution in [0.2, 0.25) is 0 Å². The van der Waals surface area contributed by atoms with E-state index < -0.39 is 11.0 Å². The van der Waals surface area contributed by atoms with Gasteiger partial charge in [-0.2, -0.15) is 0 Å². The van der Waals surface area contributed by atoms with Gasteiger partial charge in [0.25, 0.3) is 0 Å². The van der Waals surface area contributed by atoms with Gasteiger partial charge >= 0.3 is 0 Å². The van der Waals surface area contributed by atoms with E-state index >= 15 is 0 Å². The minimum atomic E-state index is -0.552. The number of hydrogen-bond acceptors (Lipinski definition) is 2. The number of rotatable bonds is 5. The second-order valence-electron chi connectivity index (χ2n) is 6.28. The van der Waals surface area contributed by atoms with Gasteiger partial charge in [-0.15, -0.1) is 0 Å². The Morgan fingerprint density at radius 1 is 1.19 bits per heavy atom. The van der Waals surface area contributed by atoms with Crippen molar-refractivity contribution in [1.82, 2.24) is 5.32 Å². The summed E-state index contributed by atoms with van der Waals surface area (Å²) in [6.45, 7) is 14.7. The largest absolute Gasteiger partial charge is 0.355 e. The van der Waals surface area contributed by atoms with Crippen LogP contribution in [0.1, 0.15) is 48.5 Å². The quantitative estimate of drug-likeness (QED) is 0.757. The summed E-state index contributed by atoms with van der Waals surface area (Å²) < 4.78 is 0. The standard InChI is InChI=1S/C13H28N2O/c1-9(2)10(3)8-15-11(16)12(4,5)13(6,7)14/h9-10H,8,14H2,1-7H3,(H,15,16). The molecule has 1 amide bonds. The molecule has 0 fully saturated rings. The smallest absolute Gasteiger partial charge is 0.227 e. The fourth-order valence-corrected chi connectivity index (χ4v) is 1.00. The molecular weight excluding hydrogens is 200 g/mol. The van der Waals surface area contributed by atoms with Gasteiger partial charge in [-0.05, 0) is 39.5 Å². The van der Waals surface area contributed by atoms with Gasteiger partial charge in [-0.3, -0.25) is 4.79 Å². The number of nitrogens with one attached hydrogen (secondary N) is 1. The van der Waals surface area contributed by atoms with E-state index in [0.717, 1.165) is 6.54 Å². The average molecular weight is 228 g/mol. The fourth-order valence-electron chi connectivity index (χ4n) is 1.00. The Morgan fingerprint density at radius 3 is 1.94 bits per heavy atom. The fraction of sp³-hybridized carbons (Fsp3) is 0.923. The SMILES string of the molecule is CC(C)C(C)CNC(=O)C(C)(C)C(C)(C)N. The molecule has 0 radical (unpaired) electrons. The number of hydrogen-bond donors (Lipinski definition) is 2. The van der Waals surface area contributed by atoms with Gasteiger partial charge in [0, 0.05) is 12.1 Å². The monoisotopic (exact) mass is 228 g/mol. The summed E-state index contributed by atoms with van der Waals surface area (Å²) >= 11 is 0. The molecule has 0 aromatic heterocycles. The Balaban J connectivity index is 4.38. The van der Waals surface area contributed by atoms with E-state index in [9.17, 15) is 4.79 Å². The van der Waals surface area contributed by atoms with Crippen LogP contribution in [-0.2, 0) is 4.79 Å². The van der Waals surface area contributed by atoms with Gasteiger partial charge in [0.05, 0.1) is 5.41 Å². The molecule has 0 aliphatic rings. The van der Waals surface area contributed by atoms with Gasteiger partial charge in [-0.25, -0.2) is 0 Å². The van der Waals surface area contributed by atoms with E-state index in [2.05, 4.69) is 26.1 Å². The van der Waals surface area contributed by atoms with Gasteiger partial charge in [0.1, 0.15) is 0 Å². The zero-order valence-corrected chi connectivity index (χ0v) is 11.8. The van der Waals surface area contributed by atoms with E-state index in [-0.39, 0.29) is 5.91 Å². The Morgan fingerprint density at radius 2 is 1.62 bits per heavy atom. The lowest BCUT2D eigenvalue weighted by Gasteiger charge is -2.37. The second-order valence-corrected chi connectivity index (χ2v) is 6.28. The Bertz CT molecular complexity index is 239. The molecule has 1 atom stereocenters. The Hall–Kier alpha value is -0.570. The summed E-state index contributed by atoms with van der Waals surface area (Å²) in [6.07, 6.45) is 0. The molecule has 96 valence electrons. The lowest BCUT2D eigenvalue weighted by Crippen LogP contribution is -2.56. The molecule has 0 spiro atoms. The van der Waals surface area contributed by atoms with Crippen LogP contribution >= 0.6 is 0 Å². The molecule has 0 aromatic rings. The molecular formula is C13H28N2O. The van der Waals surface area contributed by atoms with Gasteiger partial charge in [-0.1, -0.05) is 20.8 Å². The predicted octanol–water partition coefficient (Wildman–Crippen LogP) is 2.16. The Kier molecular flexibility index (Phi) is 4.99. The predicted molar refractivity (Wildman–Crippen MR) is 69.1 cm³/mol. The van der Waals surface area contributed by atoms with Crippen LogP contribution in [0.5, 0.6) is 0 Å². The minimum absolute atomic E-state index is 0.0347. The van der Waals surface area contributed by atoms with Crippen molar-refractivity contribution in [2.75, 3.05) is 6.54 Å². The number of nitrogens with two attached hydrogens (primary N) is 1. The maximum atomic E-state index is 12.0. The molecule has 3 heteroatoms. The molecule has 0 aromatic carbocycles. The van der Waals surface area contributed by atoms with Crippen molar-refractivity contribution in [3.63, 3.8) is 0 Å². The van der Waals surface area contributed by atoms with Crippen molar-refractivity contribution in [2.24, 2.45) is 23.0 Å². The average Bonchev–Trinajstić information content (AvgIpc) is 2.11. The van der Waals surface area contributed by atoms with Crippen LogP contribution in [0.25, 0.3) is 0 Å². The molecule has 0 bridgehead atoms. The molecule has 16 heavy (non-hydrogen) atoms. The molecule has 0 rings (SSSR count). The molecule has 0 saturated heterocycles. The van der Waals surface area contributed by atoms with Crippen molar-refractivity contribution in [2.45, 2.75) is 54.0 Å². The molecule has 0 aliphatic carbocycles. The van der Waals surface area contributed by atoms with Gasteiger partial charge in [0.2, 0.25) is 5.91 Å². The van der Waals surface area contributed by atoms with Crippen molar-refractivity contribution < 1.29 is 4.79 Å². The number of carbonyl (C=O) groups excluding carboxylic acids is 1. The highest BCUT2D eigenvalue weighted by Gasteiger charge is 2.40. The van der Waals surface area contributed by atoms with Crippen molar-refractivity contribution in [3.05, 3.63) is 0 Å². The lowest BCUT2D eigenvalue weighted by molar-refractivity contribution is -0.132. The van der Waals surface area contributed by atoms with Gasteiger partial charge in [0.15, 0.2) is 0 Å². The van der Waals surface area contributed by atoms with E-state index in [4.69, 9.17) is 5.73 Å². The Labute approximate surface area is 100 Å². The summed E-state index contributed by atoms with van der Waals surface area (Å²) in [4.78, 5) is 12.0. The van der Waals surface area contributed by atoms with Crippen LogP contribution in [0.4, 0.5) is 0 Å². The summed E-state index contributed by atoms with van der Waals surface area (Å²) in [5.74, 6) is 1.10. The van der Waals surface area contributed by atoms with Crippen LogP contribution in [0.3, 0.4) is 0 Å². The first-order valence-electron chi connectivity index (χ1n) is 6.07. The molecule has 3 N–H and O–H groups in total. The van der Waals surface area contributed by atoms with Crippen molar-refractivity contribution in [1.29, 1.82) is 0 Å². The first-order chi connectivity index (χ1) is 7.00. The molecule has 0 saturated carbocycles. The van der Waals surface area contributed by atoms with Crippen molar-refractivity contribution in [3.8, 4) is 0 Å². The van der Waals surface area contributed by atoms with Crippen LogP contribution < -0.4 is 11.1 Å². The highest BCUT2D eigenvalue weighted by atomic mass is 16.2. The number of carbonyl (C=O) groups is 1. The normalized spacial score (nSPS) is 15.1. The first-order valence-corrected chi connectivity index (χ1v) is 6.07. The molecule has 0 heterocycles. The van der Waals surface area contributed by atoms with E-state index in [1.54, 1.807) is 0 Å². The van der Waals surface area contributed by atoms with E-state index in [1.807, 2.05) is 27.7 Å². The number of amides is 1. The zero-order valence-electron chi connectivity index (χ0n) is 11.8. The molecule has 3 nitrogen and oxygen atoms in total. The highest BCUT2D eigenvalue weighted by Crippen LogP contribution is 2.28. The summed E-state index contributed by atoms with van der Waals surface area (Å²) in [6, 6.07) is 0. The third kappa shape index (κ3) is 3.78. The minimum Gasteiger partial charge on any atom is -0.355 e. The van der Waals surface area contributed by atoms with Crippen LogP contribution in [0.15, 0.2) is 0 Å². The highest BCUT2D eigenvalue weighted by molar-refractivity contribution is 5.83. The topological polar surface area (TPSA) is 55.1 Å². The zero-order chi connectivity index (χ0) is 13.1. The van der Waals surface area contributed by atoms with Gasteiger partial charge < -0.3 is 11.1 Å². The molecule has 1 unspecified atom stereocenters. The second kappa shape index (κ2) is 5.17.